The van der Waals surface area contributed by atoms with E-state index in [9.17, 15) is 9.59 Å². The van der Waals surface area contributed by atoms with E-state index in [-0.39, 0.29) is 17.9 Å². The SMILES string of the molecule is CC(Nc1ccc2c(c1)C(=O)N(C)C2=O)c1ccoc1. The van der Waals surface area contributed by atoms with Gasteiger partial charge in [0.05, 0.1) is 29.7 Å². The maximum absolute atomic E-state index is 11.9. The summed E-state index contributed by atoms with van der Waals surface area (Å²) < 4.78 is 5.05. The molecule has 2 heterocycles. The van der Waals surface area contributed by atoms with Crippen LogP contribution in [0.5, 0.6) is 0 Å². The van der Waals surface area contributed by atoms with Crippen molar-refractivity contribution in [1.29, 1.82) is 0 Å². The Bertz CT molecular complexity index is 676. The van der Waals surface area contributed by atoms with Gasteiger partial charge in [-0.3, -0.25) is 14.5 Å². The van der Waals surface area contributed by atoms with Crippen LogP contribution in [0.25, 0.3) is 0 Å². The lowest BCUT2D eigenvalue weighted by atomic mass is 10.1. The van der Waals surface area contributed by atoms with Crippen LogP contribution in [0.4, 0.5) is 5.69 Å². The van der Waals surface area contributed by atoms with Crippen LogP contribution in [0.1, 0.15) is 39.2 Å². The summed E-state index contributed by atoms with van der Waals surface area (Å²) in [6, 6.07) is 7.14. The molecule has 2 aromatic rings. The Kier molecular flexibility index (Phi) is 2.82. The van der Waals surface area contributed by atoms with Crippen molar-refractivity contribution in [2.45, 2.75) is 13.0 Å². The van der Waals surface area contributed by atoms with Gasteiger partial charge in [0.15, 0.2) is 0 Å². The number of carbonyl (C=O) groups excluding carboxylic acids is 2. The third kappa shape index (κ3) is 1.87. The summed E-state index contributed by atoms with van der Waals surface area (Å²) in [5.41, 5.74) is 2.72. The van der Waals surface area contributed by atoms with Gasteiger partial charge in [-0.2, -0.15) is 0 Å². The Labute approximate surface area is 116 Å². The van der Waals surface area contributed by atoms with E-state index in [0.29, 0.717) is 11.1 Å². The van der Waals surface area contributed by atoms with E-state index in [0.717, 1.165) is 16.2 Å². The van der Waals surface area contributed by atoms with Gasteiger partial charge in [-0.15, -0.1) is 0 Å². The zero-order valence-electron chi connectivity index (χ0n) is 11.2. The first-order valence-corrected chi connectivity index (χ1v) is 6.33. The van der Waals surface area contributed by atoms with Crippen molar-refractivity contribution in [1.82, 2.24) is 4.90 Å². The number of furan rings is 1. The monoisotopic (exact) mass is 270 g/mol. The molecule has 2 amide bonds. The fraction of sp³-hybridized carbons (Fsp3) is 0.200. The second-order valence-corrected chi connectivity index (χ2v) is 4.85. The van der Waals surface area contributed by atoms with Crippen LogP contribution in [0.2, 0.25) is 0 Å². The summed E-state index contributed by atoms with van der Waals surface area (Å²) in [6.07, 6.45) is 3.29. The van der Waals surface area contributed by atoms with E-state index in [1.165, 1.54) is 7.05 Å². The van der Waals surface area contributed by atoms with Crippen molar-refractivity contribution in [3.63, 3.8) is 0 Å². The maximum atomic E-state index is 11.9. The van der Waals surface area contributed by atoms with Gasteiger partial charge in [-0.1, -0.05) is 0 Å². The Morgan fingerprint density at radius 3 is 2.60 bits per heavy atom. The summed E-state index contributed by atoms with van der Waals surface area (Å²) >= 11 is 0. The van der Waals surface area contributed by atoms with Crippen molar-refractivity contribution in [3.8, 4) is 0 Å². The van der Waals surface area contributed by atoms with E-state index < -0.39 is 0 Å². The number of amides is 2. The molecule has 1 aromatic heterocycles. The van der Waals surface area contributed by atoms with Crippen LogP contribution < -0.4 is 5.32 Å². The number of fused-ring (bicyclic) bond motifs is 1. The Morgan fingerprint density at radius 1 is 1.15 bits per heavy atom. The third-order valence-electron chi connectivity index (χ3n) is 3.52. The molecule has 1 unspecified atom stereocenters. The predicted molar refractivity (Wildman–Crippen MR) is 73.6 cm³/mol. The minimum atomic E-state index is -0.260. The van der Waals surface area contributed by atoms with Crippen LogP contribution in [0.15, 0.2) is 41.2 Å². The third-order valence-corrected chi connectivity index (χ3v) is 3.52. The van der Waals surface area contributed by atoms with Gasteiger partial charge < -0.3 is 9.73 Å². The minimum absolute atomic E-state index is 0.0525. The first-order valence-electron chi connectivity index (χ1n) is 6.33. The molecule has 1 N–H and O–H groups in total. The Hall–Kier alpha value is -2.56. The lowest BCUT2D eigenvalue weighted by Crippen LogP contribution is -2.24. The average Bonchev–Trinajstić information content (AvgIpc) is 3.04. The van der Waals surface area contributed by atoms with Crippen LogP contribution in [0.3, 0.4) is 0 Å². The molecule has 0 fully saturated rings. The number of hydrogen-bond acceptors (Lipinski definition) is 4. The van der Waals surface area contributed by atoms with E-state index in [2.05, 4.69) is 5.32 Å². The highest BCUT2D eigenvalue weighted by Crippen LogP contribution is 2.27. The molecule has 0 aliphatic carbocycles. The molecule has 1 aromatic carbocycles. The standard InChI is InChI=1S/C15H14N2O3/c1-9(10-5-6-20-8-10)16-11-3-4-12-13(7-11)15(19)17(2)14(12)18/h3-9,16H,1-2H3. The first-order chi connectivity index (χ1) is 9.58. The zero-order chi connectivity index (χ0) is 14.3. The maximum Gasteiger partial charge on any atom is 0.261 e. The minimum Gasteiger partial charge on any atom is -0.472 e. The molecule has 5 nitrogen and oxygen atoms in total. The molecule has 3 rings (SSSR count). The van der Waals surface area contributed by atoms with Crippen LogP contribution in [-0.4, -0.2) is 23.8 Å². The topological polar surface area (TPSA) is 62.6 Å². The number of hydrogen-bond donors (Lipinski definition) is 1. The van der Waals surface area contributed by atoms with Gasteiger partial charge in [0, 0.05) is 18.3 Å². The van der Waals surface area contributed by atoms with E-state index in [1.54, 1.807) is 30.7 Å². The number of anilines is 1. The largest absolute Gasteiger partial charge is 0.472 e. The molecule has 1 aliphatic rings. The normalized spacial score (nSPS) is 15.4. The molecule has 102 valence electrons. The molecule has 0 radical (unpaired) electrons. The molecule has 0 saturated heterocycles. The number of rotatable bonds is 3. The number of benzene rings is 1. The summed E-state index contributed by atoms with van der Waals surface area (Å²) in [5, 5.41) is 3.28. The molecule has 1 aliphatic heterocycles. The molecular weight excluding hydrogens is 256 g/mol. The van der Waals surface area contributed by atoms with Crippen LogP contribution in [-0.2, 0) is 0 Å². The number of nitrogens with one attached hydrogen (secondary N) is 1. The Balaban J connectivity index is 1.87. The Morgan fingerprint density at radius 2 is 1.90 bits per heavy atom. The van der Waals surface area contributed by atoms with Crippen LogP contribution >= 0.6 is 0 Å². The van der Waals surface area contributed by atoms with Crippen molar-refractivity contribution < 1.29 is 14.0 Å². The molecule has 0 saturated carbocycles. The second-order valence-electron chi connectivity index (χ2n) is 4.85. The van der Waals surface area contributed by atoms with Crippen molar-refractivity contribution in [2.24, 2.45) is 0 Å². The lowest BCUT2D eigenvalue weighted by molar-refractivity contribution is 0.0693. The van der Waals surface area contributed by atoms with Gasteiger partial charge in [0.25, 0.3) is 11.8 Å². The van der Waals surface area contributed by atoms with Crippen molar-refractivity contribution in [2.75, 3.05) is 12.4 Å². The lowest BCUT2D eigenvalue weighted by Gasteiger charge is -2.13. The van der Waals surface area contributed by atoms with E-state index >= 15 is 0 Å². The fourth-order valence-electron chi connectivity index (χ4n) is 2.31. The molecule has 20 heavy (non-hydrogen) atoms. The van der Waals surface area contributed by atoms with Gasteiger partial charge in [0.1, 0.15) is 0 Å². The summed E-state index contributed by atoms with van der Waals surface area (Å²) in [5.74, 6) is -0.510. The molecule has 5 heteroatoms. The highest BCUT2D eigenvalue weighted by molar-refractivity contribution is 6.21. The van der Waals surface area contributed by atoms with E-state index in [1.807, 2.05) is 13.0 Å². The average molecular weight is 270 g/mol. The quantitative estimate of drug-likeness (QED) is 0.871. The summed E-state index contributed by atoms with van der Waals surface area (Å²) in [6.45, 7) is 2.00. The summed E-state index contributed by atoms with van der Waals surface area (Å²) in [7, 11) is 1.49. The number of nitrogens with zero attached hydrogens (tertiary/aromatic N) is 1. The van der Waals surface area contributed by atoms with E-state index in [4.69, 9.17) is 4.42 Å². The van der Waals surface area contributed by atoms with Gasteiger partial charge >= 0.3 is 0 Å². The fourth-order valence-corrected chi connectivity index (χ4v) is 2.31. The van der Waals surface area contributed by atoms with Gasteiger partial charge in [0.2, 0.25) is 0 Å². The van der Waals surface area contributed by atoms with Crippen LogP contribution in [0, 0.1) is 0 Å². The molecular formula is C15H14N2O3. The first kappa shape index (κ1) is 12.5. The highest BCUT2D eigenvalue weighted by atomic mass is 16.3. The molecule has 0 bridgehead atoms. The highest BCUT2D eigenvalue weighted by Gasteiger charge is 2.32. The van der Waals surface area contributed by atoms with Gasteiger partial charge in [-0.25, -0.2) is 0 Å². The number of imide groups is 1. The van der Waals surface area contributed by atoms with Crippen molar-refractivity contribution >= 4 is 17.5 Å². The van der Waals surface area contributed by atoms with Crippen molar-refractivity contribution in [3.05, 3.63) is 53.5 Å². The number of carbonyl (C=O) groups is 2. The molecule has 1 atom stereocenters. The second kappa shape index (κ2) is 4.52. The predicted octanol–water partition coefficient (Wildman–Crippen LogP) is 2.68. The summed E-state index contributed by atoms with van der Waals surface area (Å²) in [4.78, 5) is 24.9. The van der Waals surface area contributed by atoms with Gasteiger partial charge in [-0.05, 0) is 31.2 Å². The zero-order valence-corrected chi connectivity index (χ0v) is 11.2. The molecule has 0 spiro atoms. The smallest absolute Gasteiger partial charge is 0.261 e.